The van der Waals surface area contributed by atoms with E-state index in [2.05, 4.69) is 11.3 Å². The number of carbonyl (C=O) groups excluding carboxylic acids is 1. The van der Waals surface area contributed by atoms with Gasteiger partial charge in [0, 0.05) is 19.8 Å². The van der Waals surface area contributed by atoms with Gasteiger partial charge in [0.05, 0.1) is 11.8 Å². The van der Waals surface area contributed by atoms with E-state index in [4.69, 9.17) is 0 Å². The molecule has 14 heavy (non-hydrogen) atoms. The number of rotatable bonds is 3. The molecule has 1 rings (SSSR count). The van der Waals surface area contributed by atoms with E-state index in [1.165, 1.54) is 0 Å². The molecule has 0 radical (unpaired) electrons. The molecule has 0 heterocycles. The van der Waals surface area contributed by atoms with Gasteiger partial charge in [-0.3, -0.25) is 0 Å². The number of carbonyl (C=O) groups is 1. The predicted molar refractivity (Wildman–Crippen MR) is 56.4 cm³/mol. The molecule has 0 fully saturated rings. The molecule has 0 aliphatic rings. The summed E-state index contributed by atoms with van der Waals surface area (Å²) < 4.78 is 4.64. The second kappa shape index (κ2) is 4.46. The fourth-order valence-electron chi connectivity index (χ4n) is 1.04. The zero-order chi connectivity index (χ0) is 10.6. The Labute approximate surface area is 83.6 Å². The van der Waals surface area contributed by atoms with E-state index in [9.17, 15) is 4.79 Å². The van der Waals surface area contributed by atoms with Crippen molar-refractivity contribution in [2.45, 2.75) is 0 Å². The van der Waals surface area contributed by atoms with E-state index in [1.54, 1.807) is 12.1 Å². The molecule has 0 spiro atoms. The van der Waals surface area contributed by atoms with E-state index < -0.39 is 0 Å². The molecular formula is C11H13NO2. The van der Waals surface area contributed by atoms with Crippen molar-refractivity contribution in [1.29, 1.82) is 0 Å². The molecule has 74 valence electrons. The molecule has 3 nitrogen and oxygen atoms in total. The van der Waals surface area contributed by atoms with E-state index >= 15 is 0 Å². The van der Waals surface area contributed by atoms with E-state index in [0.29, 0.717) is 5.56 Å². The van der Waals surface area contributed by atoms with Crippen LogP contribution in [0.5, 0.6) is 0 Å². The number of benzene rings is 1. The number of ether oxygens (including phenoxy) is 1. The summed E-state index contributed by atoms with van der Waals surface area (Å²) >= 11 is 0. The Balaban J connectivity index is 2.82. The molecule has 0 saturated heterocycles. The standard InChI is InChI=1S/C11H13NO2/c1-4-14-11(13)9-5-7-10(8-6-9)12(2)3/h4-8H,1H2,2-3H3. The van der Waals surface area contributed by atoms with Crippen LogP contribution >= 0.6 is 0 Å². The van der Waals surface area contributed by atoms with Crippen molar-refractivity contribution < 1.29 is 9.53 Å². The monoisotopic (exact) mass is 191 g/mol. The maximum absolute atomic E-state index is 11.2. The quantitative estimate of drug-likeness (QED) is 0.541. The Morgan fingerprint density at radius 2 is 1.93 bits per heavy atom. The average molecular weight is 191 g/mol. The largest absolute Gasteiger partial charge is 0.432 e. The number of anilines is 1. The van der Waals surface area contributed by atoms with Crippen LogP contribution < -0.4 is 4.90 Å². The van der Waals surface area contributed by atoms with Crippen molar-refractivity contribution in [1.82, 2.24) is 0 Å². The Morgan fingerprint density at radius 1 is 1.36 bits per heavy atom. The smallest absolute Gasteiger partial charge is 0.342 e. The summed E-state index contributed by atoms with van der Waals surface area (Å²) in [6, 6.07) is 7.17. The molecular weight excluding hydrogens is 178 g/mol. The minimum Gasteiger partial charge on any atom is -0.432 e. The van der Waals surface area contributed by atoms with E-state index in [0.717, 1.165) is 11.9 Å². The van der Waals surface area contributed by atoms with Gasteiger partial charge in [-0.15, -0.1) is 0 Å². The van der Waals surface area contributed by atoms with Gasteiger partial charge in [-0.25, -0.2) is 4.79 Å². The molecule has 0 atom stereocenters. The van der Waals surface area contributed by atoms with E-state index in [-0.39, 0.29) is 5.97 Å². The summed E-state index contributed by atoms with van der Waals surface area (Å²) in [5.74, 6) is -0.384. The van der Waals surface area contributed by atoms with Gasteiger partial charge in [-0.05, 0) is 24.3 Å². The van der Waals surface area contributed by atoms with Crippen LogP contribution in [-0.2, 0) is 4.74 Å². The van der Waals surface area contributed by atoms with Crippen LogP contribution in [0.1, 0.15) is 10.4 Å². The molecule has 0 N–H and O–H groups in total. The normalized spacial score (nSPS) is 9.29. The maximum atomic E-state index is 11.2. The second-order valence-electron chi connectivity index (χ2n) is 3.01. The molecule has 0 saturated carbocycles. The maximum Gasteiger partial charge on any atom is 0.342 e. The highest BCUT2D eigenvalue weighted by atomic mass is 16.5. The zero-order valence-electron chi connectivity index (χ0n) is 8.36. The lowest BCUT2D eigenvalue weighted by Crippen LogP contribution is -2.09. The number of hydrogen-bond donors (Lipinski definition) is 0. The Morgan fingerprint density at radius 3 is 2.36 bits per heavy atom. The molecule has 0 aromatic heterocycles. The van der Waals surface area contributed by atoms with Gasteiger partial charge in [-0.2, -0.15) is 0 Å². The zero-order valence-corrected chi connectivity index (χ0v) is 8.36. The molecule has 0 bridgehead atoms. The SMILES string of the molecule is C=COC(=O)c1ccc(N(C)C)cc1. The fourth-order valence-corrected chi connectivity index (χ4v) is 1.04. The summed E-state index contributed by atoms with van der Waals surface area (Å²) in [5, 5.41) is 0. The highest BCUT2D eigenvalue weighted by molar-refractivity contribution is 5.90. The molecule has 1 aromatic carbocycles. The van der Waals surface area contributed by atoms with Crippen molar-refractivity contribution in [2.75, 3.05) is 19.0 Å². The second-order valence-corrected chi connectivity index (χ2v) is 3.01. The Kier molecular flexibility index (Phi) is 3.29. The van der Waals surface area contributed by atoms with Gasteiger partial charge in [-0.1, -0.05) is 6.58 Å². The molecule has 0 unspecified atom stereocenters. The van der Waals surface area contributed by atoms with Gasteiger partial charge >= 0.3 is 5.97 Å². The van der Waals surface area contributed by atoms with Gasteiger partial charge in [0.25, 0.3) is 0 Å². The van der Waals surface area contributed by atoms with Crippen LogP contribution in [0.25, 0.3) is 0 Å². The lowest BCUT2D eigenvalue weighted by atomic mass is 10.2. The molecule has 0 aliphatic heterocycles. The van der Waals surface area contributed by atoms with Crippen molar-refractivity contribution in [3.8, 4) is 0 Å². The van der Waals surface area contributed by atoms with Crippen LogP contribution in [0, 0.1) is 0 Å². The summed E-state index contributed by atoms with van der Waals surface area (Å²) in [6.45, 7) is 3.32. The van der Waals surface area contributed by atoms with E-state index in [1.807, 2.05) is 31.1 Å². The minimum absolute atomic E-state index is 0.384. The summed E-state index contributed by atoms with van der Waals surface area (Å²) in [5.41, 5.74) is 1.57. The van der Waals surface area contributed by atoms with Gasteiger partial charge in [0.15, 0.2) is 0 Å². The van der Waals surface area contributed by atoms with Gasteiger partial charge < -0.3 is 9.64 Å². The first-order valence-electron chi connectivity index (χ1n) is 4.24. The third-order valence-electron chi connectivity index (χ3n) is 1.81. The highest BCUT2D eigenvalue weighted by Crippen LogP contribution is 2.12. The van der Waals surface area contributed by atoms with Gasteiger partial charge in [0.2, 0.25) is 0 Å². The molecule has 1 aromatic rings. The van der Waals surface area contributed by atoms with Crippen LogP contribution in [0.15, 0.2) is 37.1 Å². The summed E-state index contributed by atoms with van der Waals surface area (Å²) in [4.78, 5) is 13.2. The first-order chi connectivity index (χ1) is 6.65. The van der Waals surface area contributed by atoms with Crippen molar-refractivity contribution in [3.05, 3.63) is 42.7 Å². The topological polar surface area (TPSA) is 29.5 Å². The van der Waals surface area contributed by atoms with Crippen LogP contribution in [0.2, 0.25) is 0 Å². The van der Waals surface area contributed by atoms with Gasteiger partial charge in [0.1, 0.15) is 0 Å². The summed E-state index contributed by atoms with van der Waals surface area (Å²) in [6.07, 6.45) is 1.13. The first-order valence-corrected chi connectivity index (χ1v) is 4.24. The molecule has 3 heteroatoms. The lowest BCUT2D eigenvalue weighted by molar-refractivity contribution is 0.0664. The number of nitrogens with zero attached hydrogens (tertiary/aromatic N) is 1. The number of esters is 1. The Bertz CT molecular complexity index is 328. The van der Waals surface area contributed by atoms with Crippen molar-refractivity contribution >= 4 is 11.7 Å². The molecule has 0 aliphatic carbocycles. The average Bonchev–Trinajstić information content (AvgIpc) is 2.18. The number of hydrogen-bond acceptors (Lipinski definition) is 3. The van der Waals surface area contributed by atoms with Crippen molar-refractivity contribution in [3.63, 3.8) is 0 Å². The Hall–Kier alpha value is -1.77. The van der Waals surface area contributed by atoms with Crippen molar-refractivity contribution in [2.24, 2.45) is 0 Å². The van der Waals surface area contributed by atoms with Crippen LogP contribution in [0.4, 0.5) is 5.69 Å². The lowest BCUT2D eigenvalue weighted by Gasteiger charge is -2.11. The first kappa shape index (κ1) is 10.3. The highest BCUT2D eigenvalue weighted by Gasteiger charge is 2.05. The van der Waals surface area contributed by atoms with Crippen LogP contribution in [0.3, 0.4) is 0 Å². The third-order valence-corrected chi connectivity index (χ3v) is 1.81. The molecule has 0 amide bonds. The minimum atomic E-state index is -0.384. The van der Waals surface area contributed by atoms with Crippen LogP contribution in [-0.4, -0.2) is 20.1 Å². The fraction of sp³-hybridized carbons (Fsp3) is 0.182. The summed E-state index contributed by atoms with van der Waals surface area (Å²) in [7, 11) is 3.88. The third kappa shape index (κ3) is 2.36. The predicted octanol–water partition coefficient (Wildman–Crippen LogP) is 2.05.